The van der Waals surface area contributed by atoms with Crippen LogP contribution in [0.5, 0.6) is 5.75 Å². The Hall–Kier alpha value is -2.76. The summed E-state index contributed by atoms with van der Waals surface area (Å²) in [6.07, 6.45) is 4.84. The number of hydrogen-bond donors (Lipinski definition) is 1. The third kappa shape index (κ3) is 2.60. The van der Waals surface area contributed by atoms with E-state index >= 15 is 0 Å². The molecule has 0 spiro atoms. The molecule has 6 heteroatoms. The fourth-order valence-electron chi connectivity index (χ4n) is 2.09. The summed E-state index contributed by atoms with van der Waals surface area (Å²) in [6, 6.07) is 7.36. The van der Waals surface area contributed by atoms with Gasteiger partial charge in [0.2, 0.25) is 0 Å². The number of alkyl halides is 2. The quantitative estimate of drug-likeness (QED) is 0.749. The minimum absolute atomic E-state index is 0.0159. The van der Waals surface area contributed by atoms with E-state index in [0.717, 1.165) is 10.9 Å². The number of ketones is 1. The molecular weight excluding hydrogens is 278 g/mol. The number of carbonyl (C=O) groups excluding carboxylic acids is 1. The van der Waals surface area contributed by atoms with Crippen LogP contribution in [0.4, 0.5) is 8.78 Å². The Morgan fingerprint density at radius 2 is 1.95 bits per heavy atom. The third-order valence-corrected chi connectivity index (χ3v) is 3.07. The Balaban J connectivity index is 1.91. The number of halogens is 2. The number of carbonyl (C=O) groups is 1. The largest absolute Gasteiger partial charge is 0.435 e. The molecule has 0 aliphatic carbocycles. The highest BCUT2D eigenvalue weighted by Gasteiger charge is 2.14. The highest BCUT2D eigenvalue weighted by Crippen LogP contribution is 2.22. The van der Waals surface area contributed by atoms with Crippen molar-refractivity contribution in [1.82, 2.24) is 9.97 Å². The molecule has 0 aliphatic heterocycles. The Kier molecular flexibility index (Phi) is 3.35. The highest BCUT2D eigenvalue weighted by molar-refractivity contribution is 6.16. The van der Waals surface area contributed by atoms with Crippen LogP contribution in [0.15, 0.2) is 48.9 Å². The zero-order valence-electron chi connectivity index (χ0n) is 10.7. The van der Waals surface area contributed by atoms with Crippen LogP contribution in [0.25, 0.3) is 10.9 Å². The lowest BCUT2D eigenvalue weighted by Gasteiger charge is -2.05. The van der Waals surface area contributed by atoms with Gasteiger partial charge in [-0.25, -0.2) is 0 Å². The third-order valence-electron chi connectivity index (χ3n) is 3.07. The zero-order chi connectivity index (χ0) is 14.8. The molecule has 0 aliphatic rings. The predicted molar refractivity (Wildman–Crippen MR) is 72.6 cm³/mol. The molecule has 0 amide bonds. The fourth-order valence-corrected chi connectivity index (χ4v) is 2.09. The molecule has 1 N–H and O–H groups in total. The minimum Gasteiger partial charge on any atom is -0.435 e. The van der Waals surface area contributed by atoms with Gasteiger partial charge < -0.3 is 9.72 Å². The molecule has 0 atom stereocenters. The molecule has 0 unspecified atom stereocenters. The standard InChI is InChI=1S/C15H10F2N2O2/c16-15(17)21-10-3-1-9(2-4-10)14(20)12-8-19-13-5-6-18-7-11(12)13/h1-8,15,19H. The van der Waals surface area contributed by atoms with E-state index < -0.39 is 6.61 Å². The summed E-state index contributed by atoms with van der Waals surface area (Å²) in [7, 11) is 0. The average molecular weight is 288 g/mol. The summed E-state index contributed by atoms with van der Waals surface area (Å²) >= 11 is 0. The molecule has 0 saturated heterocycles. The molecule has 1 aromatic carbocycles. The molecular formula is C15H10F2N2O2. The molecule has 0 radical (unpaired) electrons. The normalized spacial score (nSPS) is 11.0. The maximum Gasteiger partial charge on any atom is 0.387 e. The monoisotopic (exact) mass is 288 g/mol. The number of nitrogens with one attached hydrogen (secondary N) is 1. The van der Waals surface area contributed by atoms with Crippen LogP contribution >= 0.6 is 0 Å². The van der Waals surface area contributed by atoms with E-state index in [1.807, 2.05) is 0 Å². The first-order valence-corrected chi connectivity index (χ1v) is 6.16. The van der Waals surface area contributed by atoms with Gasteiger partial charge in [0, 0.05) is 40.6 Å². The maximum atomic E-state index is 12.4. The lowest BCUT2D eigenvalue weighted by atomic mass is 10.0. The van der Waals surface area contributed by atoms with Crippen LogP contribution in [0.3, 0.4) is 0 Å². The highest BCUT2D eigenvalue weighted by atomic mass is 19.3. The molecule has 0 bridgehead atoms. The van der Waals surface area contributed by atoms with Gasteiger partial charge in [-0.05, 0) is 30.3 Å². The summed E-state index contributed by atoms with van der Waals surface area (Å²) in [4.78, 5) is 19.4. The molecule has 2 aromatic heterocycles. The van der Waals surface area contributed by atoms with Crippen molar-refractivity contribution in [2.24, 2.45) is 0 Å². The number of aromatic amines is 1. The fraction of sp³-hybridized carbons (Fsp3) is 0.0667. The molecule has 106 valence electrons. The van der Waals surface area contributed by atoms with Gasteiger partial charge in [0.1, 0.15) is 5.75 Å². The van der Waals surface area contributed by atoms with Crippen molar-refractivity contribution < 1.29 is 18.3 Å². The Labute approximate surface area is 118 Å². The second-order valence-corrected chi connectivity index (χ2v) is 4.36. The van der Waals surface area contributed by atoms with E-state index in [9.17, 15) is 13.6 Å². The van der Waals surface area contributed by atoms with Crippen molar-refractivity contribution >= 4 is 16.7 Å². The van der Waals surface area contributed by atoms with Gasteiger partial charge in [-0.1, -0.05) is 0 Å². The summed E-state index contributed by atoms with van der Waals surface area (Å²) in [6.45, 7) is -2.88. The van der Waals surface area contributed by atoms with Crippen LogP contribution in [-0.4, -0.2) is 22.4 Å². The number of rotatable bonds is 4. The first-order chi connectivity index (χ1) is 10.1. The molecule has 2 heterocycles. The number of H-pyrrole nitrogens is 1. The van der Waals surface area contributed by atoms with E-state index in [-0.39, 0.29) is 11.5 Å². The van der Waals surface area contributed by atoms with Gasteiger partial charge in [-0.2, -0.15) is 8.78 Å². The van der Waals surface area contributed by atoms with Crippen molar-refractivity contribution in [1.29, 1.82) is 0 Å². The van der Waals surface area contributed by atoms with E-state index in [1.54, 1.807) is 24.7 Å². The lowest BCUT2D eigenvalue weighted by molar-refractivity contribution is -0.0498. The Morgan fingerprint density at radius 1 is 1.19 bits per heavy atom. The van der Waals surface area contributed by atoms with Crippen molar-refractivity contribution in [2.45, 2.75) is 6.61 Å². The summed E-state index contributed by atoms with van der Waals surface area (Å²) in [5.74, 6) is -0.194. The number of hydrogen-bond acceptors (Lipinski definition) is 3. The topological polar surface area (TPSA) is 55.0 Å². The van der Waals surface area contributed by atoms with Crippen molar-refractivity contribution in [3.05, 3.63) is 60.0 Å². The van der Waals surface area contributed by atoms with E-state index in [0.29, 0.717) is 11.1 Å². The SMILES string of the molecule is O=C(c1ccc(OC(F)F)cc1)c1c[nH]c2ccncc12. The second-order valence-electron chi connectivity index (χ2n) is 4.36. The van der Waals surface area contributed by atoms with E-state index in [4.69, 9.17) is 0 Å². The minimum atomic E-state index is -2.88. The van der Waals surface area contributed by atoms with Gasteiger partial charge in [-0.15, -0.1) is 0 Å². The number of ether oxygens (including phenoxy) is 1. The van der Waals surface area contributed by atoms with Crippen LogP contribution < -0.4 is 4.74 Å². The van der Waals surface area contributed by atoms with Gasteiger partial charge in [0.25, 0.3) is 0 Å². The lowest BCUT2D eigenvalue weighted by Crippen LogP contribution is -2.03. The Morgan fingerprint density at radius 3 is 2.67 bits per heavy atom. The Bertz CT molecular complexity index is 782. The molecule has 21 heavy (non-hydrogen) atoms. The van der Waals surface area contributed by atoms with Gasteiger partial charge in [0.15, 0.2) is 5.78 Å². The molecule has 3 rings (SSSR count). The van der Waals surface area contributed by atoms with Crippen LogP contribution in [0.1, 0.15) is 15.9 Å². The van der Waals surface area contributed by atoms with Gasteiger partial charge in [0.05, 0.1) is 0 Å². The van der Waals surface area contributed by atoms with Crippen molar-refractivity contribution in [3.8, 4) is 5.75 Å². The van der Waals surface area contributed by atoms with E-state index in [2.05, 4.69) is 14.7 Å². The number of pyridine rings is 1. The maximum absolute atomic E-state index is 12.4. The first-order valence-electron chi connectivity index (χ1n) is 6.16. The van der Waals surface area contributed by atoms with E-state index in [1.165, 1.54) is 24.3 Å². The summed E-state index contributed by atoms with van der Waals surface area (Å²) < 4.78 is 28.4. The number of benzene rings is 1. The average Bonchev–Trinajstić information content (AvgIpc) is 2.90. The van der Waals surface area contributed by atoms with Crippen molar-refractivity contribution in [2.75, 3.05) is 0 Å². The first kappa shape index (κ1) is 13.2. The number of aromatic nitrogens is 2. The summed E-state index contributed by atoms with van der Waals surface area (Å²) in [5.41, 5.74) is 1.69. The molecule has 0 fully saturated rings. The van der Waals surface area contributed by atoms with Crippen LogP contribution in [-0.2, 0) is 0 Å². The molecule has 4 nitrogen and oxygen atoms in total. The van der Waals surface area contributed by atoms with Crippen LogP contribution in [0, 0.1) is 0 Å². The molecule has 0 saturated carbocycles. The second kappa shape index (κ2) is 5.32. The number of fused-ring (bicyclic) bond motifs is 1. The van der Waals surface area contributed by atoms with Gasteiger partial charge in [-0.3, -0.25) is 9.78 Å². The number of nitrogens with zero attached hydrogens (tertiary/aromatic N) is 1. The van der Waals surface area contributed by atoms with Gasteiger partial charge >= 0.3 is 6.61 Å². The smallest absolute Gasteiger partial charge is 0.387 e. The molecule has 3 aromatic rings. The summed E-state index contributed by atoms with van der Waals surface area (Å²) in [5, 5.41) is 0.718. The zero-order valence-corrected chi connectivity index (χ0v) is 10.7. The predicted octanol–water partition coefficient (Wildman–Crippen LogP) is 3.40. The van der Waals surface area contributed by atoms with Crippen molar-refractivity contribution in [3.63, 3.8) is 0 Å². The van der Waals surface area contributed by atoms with Crippen LogP contribution in [0.2, 0.25) is 0 Å².